The summed E-state index contributed by atoms with van der Waals surface area (Å²) in [5.41, 5.74) is 1.24. The van der Waals surface area contributed by atoms with E-state index in [1.807, 2.05) is 24.3 Å². The molecule has 0 spiro atoms. The minimum atomic E-state index is -0.485. The quantitative estimate of drug-likeness (QED) is 0.203. The number of hydrogen-bond donors (Lipinski definition) is 1. The van der Waals surface area contributed by atoms with Gasteiger partial charge in [0.2, 0.25) is 0 Å². The van der Waals surface area contributed by atoms with Crippen LogP contribution in [0, 0.1) is 11.3 Å². The number of amides is 1. The standard InChI is InChI=1S/C24H26BrClN2O2/c1-2-3-4-5-6-7-14-30-23-13-8-20(25)16-18(23)15-19(17-27)24(29)28-22-11-9-21(26)10-12-22/h8-13,15-16H,2-7,14H2,1H3,(H,28,29)/b19-15-. The van der Waals surface area contributed by atoms with Crippen LogP contribution in [0.3, 0.4) is 0 Å². The van der Waals surface area contributed by atoms with E-state index in [1.54, 1.807) is 30.3 Å². The third-order valence-electron chi connectivity index (χ3n) is 4.49. The Kier molecular flexibility index (Phi) is 10.5. The van der Waals surface area contributed by atoms with Gasteiger partial charge in [-0.3, -0.25) is 4.79 Å². The fraction of sp³-hybridized carbons (Fsp3) is 0.333. The van der Waals surface area contributed by atoms with Crippen LogP contribution >= 0.6 is 27.5 Å². The second-order valence-electron chi connectivity index (χ2n) is 6.93. The Balaban J connectivity index is 2.05. The van der Waals surface area contributed by atoms with Gasteiger partial charge in [0.05, 0.1) is 6.61 Å². The van der Waals surface area contributed by atoms with Crippen molar-refractivity contribution in [3.8, 4) is 11.8 Å². The Morgan fingerprint density at radius 2 is 1.83 bits per heavy atom. The molecule has 0 fully saturated rings. The largest absolute Gasteiger partial charge is 0.493 e. The van der Waals surface area contributed by atoms with E-state index in [1.165, 1.54) is 25.7 Å². The van der Waals surface area contributed by atoms with Crippen molar-refractivity contribution in [3.05, 3.63) is 63.1 Å². The summed E-state index contributed by atoms with van der Waals surface area (Å²) in [5.74, 6) is 0.167. The van der Waals surface area contributed by atoms with Crippen molar-refractivity contribution in [1.82, 2.24) is 0 Å². The highest BCUT2D eigenvalue weighted by molar-refractivity contribution is 9.10. The number of carbonyl (C=O) groups excluding carboxylic acids is 1. The first-order valence-corrected chi connectivity index (χ1v) is 11.3. The predicted octanol–water partition coefficient (Wildman–Crippen LogP) is 7.39. The van der Waals surface area contributed by atoms with Crippen LogP contribution < -0.4 is 10.1 Å². The highest BCUT2D eigenvalue weighted by Crippen LogP contribution is 2.26. The number of hydrogen-bond acceptors (Lipinski definition) is 3. The summed E-state index contributed by atoms with van der Waals surface area (Å²) >= 11 is 9.31. The summed E-state index contributed by atoms with van der Waals surface area (Å²) in [6.45, 7) is 2.81. The number of unbranched alkanes of at least 4 members (excludes halogenated alkanes) is 5. The molecule has 2 rings (SSSR count). The third kappa shape index (κ3) is 8.22. The van der Waals surface area contributed by atoms with Gasteiger partial charge in [-0.05, 0) is 55.0 Å². The van der Waals surface area contributed by atoms with Gasteiger partial charge in [0.1, 0.15) is 17.4 Å². The molecule has 4 nitrogen and oxygen atoms in total. The summed E-state index contributed by atoms with van der Waals surface area (Å²) in [6.07, 6.45) is 8.65. The molecule has 0 heterocycles. The molecule has 0 aliphatic carbocycles. The summed E-state index contributed by atoms with van der Waals surface area (Å²) < 4.78 is 6.78. The van der Waals surface area contributed by atoms with Crippen molar-refractivity contribution in [2.45, 2.75) is 45.4 Å². The van der Waals surface area contributed by atoms with E-state index >= 15 is 0 Å². The van der Waals surface area contributed by atoms with Gasteiger partial charge < -0.3 is 10.1 Å². The fourth-order valence-corrected chi connectivity index (χ4v) is 3.37. The summed E-state index contributed by atoms with van der Waals surface area (Å²) in [6, 6.07) is 14.3. The Labute approximate surface area is 192 Å². The number of halogens is 2. The smallest absolute Gasteiger partial charge is 0.266 e. The predicted molar refractivity (Wildman–Crippen MR) is 127 cm³/mol. The maximum atomic E-state index is 12.5. The number of ether oxygens (including phenoxy) is 1. The second-order valence-corrected chi connectivity index (χ2v) is 8.28. The van der Waals surface area contributed by atoms with Crippen LogP contribution in [-0.2, 0) is 4.79 Å². The molecule has 0 atom stereocenters. The molecule has 0 saturated heterocycles. The second kappa shape index (κ2) is 13.1. The molecule has 30 heavy (non-hydrogen) atoms. The Morgan fingerprint density at radius 1 is 1.13 bits per heavy atom. The summed E-state index contributed by atoms with van der Waals surface area (Å²) in [4.78, 5) is 12.5. The van der Waals surface area contributed by atoms with Crippen molar-refractivity contribution in [1.29, 1.82) is 5.26 Å². The van der Waals surface area contributed by atoms with Gasteiger partial charge in [0.15, 0.2) is 0 Å². The van der Waals surface area contributed by atoms with E-state index in [0.717, 1.165) is 17.3 Å². The van der Waals surface area contributed by atoms with Gasteiger partial charge in [-0.15, -0.1) is 0 Å². The molecule has 158 valence electrons. The number of nitrogens with zero attached hydrogens (tertiary/aromatic N) is 1. The highest BCUT2D eigenvalue weighted by Gasteiger charge is 2.12. The minimum absolute atomic E-state index is 0.00698. The van der Waals surface area contributed by atoms with Crippen LogP contribution in [-0.4, -0.2) is 12.5 Å². The van der Waals surface area contributed by atoms with Gasteiger partial charge in [0.25, 0.3) is 5.91 Å². The van der Waals surface area contributed by atoms with E-state index in [2.05, 4.69) is 28.2 Å². The average Bonchev–Trinajstić information content (AvgIpc) is 2.74. The molecule has 0 aliphatic heterocycles. The number of nitriles is 1. The van der Waals surface area contributed by atoms with Crippen LogP contribution in [0.25, 0.3) is 6.08 Å². The van der Waals surface area contributed by atoms with E-state index in [0.29, 0.717) is 28.6 Å². The SMILES string of the molecule is CCCCCCCCOc1ccc(Br)cc1/C=C(/C#N)C(=O)Nc1ccc(Cl)cc1. The maximum absolute atomic E-state index is 12.5. The molecule has 0 aromatic heterocycles. The van der Waals surface area contributed by atoms with E-state index in [-0.39, 0.29) is 5.57 Å². The Hall–Kier alpha value is -2.29. The van der Waals surface area contributed by atoms with Crippen LogP contribution in [0.2, 0.25) is 5.02 Å². The van der Waals surface area contributed by atoms with Crippen molar-refractivity contribution in [2.24, 2.45) is 0 Å². The number of benzene rings is 2. The van der Waals surface area contributed by atoms with Gasteiger partial charge >= 0.3 is 0 Å². The molecule has 0 saturated carbocycles. The first kappa shape index (κ1) is 24.0. The Morgan fingerprint density at radius 3 is 2.53 bits per heavy atom. The number of carbonyl (C=O) groups is 1. The molecule has 6 heteroatoms. The lowest BCUT2D eigenvalue weighted by atomic mass is 10.1. The van der Waals surface area contributed by atoms with Crippen molar-refractivity contribution < 1.29 is 9.53 Å². The number of rotatable bonds is 11. The first-order valence-electron chi connectivity index (χ1n) is 10.1. The zero-order valence-corrected chi connectivity index (χ0v) is 19.4. The molecule has 0 aliphatic rings. The van der Waals surface area contributed by atoms with Crippen molar-refractivity contribution in [3.63, 3.8) is 0 Å². The molecule has 2 aromatic rings. The van der Waals surface area contributed by atoms with Crippen LogP contribution in [0.5, 0.6) is 5.75 Å². The summed E-state index contributed by atoms with van der Waals surface area (Å²) in [7, 11) is 0. The topological polar surface area (TPSA) is 62.1 Å². The average molecular weight is 490 g/mol. The normalized spacial score (nSPS) is 11.1. The van der Waals surface area contributed by atoms with Crippen molar-refractivity contribution in [2.75, 3.05) is 11.9 Å². The molecule has 0 unspecified atom stereocenters. The lowest BCUT2D eigenvalue weighted by molar-refractivity contribution is -0.112. The van der Waals surface area contributed by atoms with Gasteiger partial charge in [-0.25, -0.2) is 0 Å². The highest BCUT2D eigenvalue weighted by atomic mass is 79.9. The minimum Gasteiger partial charge on any atom is -0.493 e. The van der Waals surface area contributed by atoms with E-state index in [4.69, 9.17) is 16.3 Å². The zero-order chi connectivity index (χ0) is 21.8. The molecule has 1 amide bonds. The molecular weight excluding hydrogens is 464 g/mol. The number of anilines is 1. The van der Waals surface area contributed by atoms with E-state index in [9.17, 15) is 10.1 Å². The maximum Gasteiger partial charge on any atom is 0.266 e. The Bertz CT molecular complexity index is 904. The van der Waals surface area contributed by atoms with Crippen LogP contribution in [0.15, 0.2) is 52.5 Å². The lowest BCUT2D eigenvalue weighted by Crippen LogP contribution is -2.13. The molecular formula is C24H26BrClN2O2. The van der Waals surface area contributed by atoms with Crippen molar-refractivity contribution >= 4 is 45.2 Å². The van der Waals surface area contributed by atoms with Crippen LogP contribution in [0.4, 0.5) is 5.69 Å². The third-order valence-corrected chi connectivity index (χ3v) is 5.24. The molecule has 0 radical (unpaired) electrons. The number of nitrogens with one attached hydrogen (secondary N) is 1. The first-order chi connectivity index (χ1) is 14.5. The van der Waals surface area contributed by atoms with Gasteiger partial charge in [-0.2, -0.15) is 5.26 Å². The molecule has 1 N–H and O–H groups in total. The lowest BCUT2D eigenvalue weighted by Gasteiger charge is -2.11. The zero-order valence-electron chi connectivity index (χ0n) is 17.1. The van der Waals surface area contributed by atoms with Gasteiger partial charge in [-0.1, -0.05) is 66.6 Å². The monoisotopic (exact) mass is 488 g/mol. The molecule has 2 aromatic carbocycles. The summed E-state index contributed by atoms with van der Waals surface area (Å²) in [5, 5.41) is 12.8. The van der Waals surface area contributed by atoms with Gasteiger partial charge in [0, 0.05) is 20.7 Å². The molecule has 0 bridgehead atoms. The van der Waals surface area contributed by atoms with E-state index < -0.39 is 5.91 Å². The van der Waals surface area contributed by atoms with Crippen LogP contribution in [0.1, 0.15) is 51.0 Å². The fourth-order valence-electron chi connectivity index (χ4n) is 2.86.